The molecule has 0 aliphatic heterocycles. The van der Waals surface area contributed by atoms with Crippen molar-refractivity contribution in [2.75, 3.05) is 0 Å². The van der Waals surface area contributed by atoms with Gasteiger partial charge in [-0.3, -0.25) is 15.0 Å². The van der Waals surface area contributed by atoms with Gasteiger partial charge in [-0.05, 0) is 39.3 Å². The zero-order chi connectivity index (χ0) is 19.4. The molecule has 26 heavy (non-hydrogen) atoms. The summed E-state index contributed by atoms with van der Waals surface area (Å²) in [6.07, 6.45) is 10.0. The van der Waals surface area contributed by atoms with Gasteiger partial charge in [0.15, 0.2) is 0 Å². The summed E-state index contributed by atoms with van der Waals surface area (Å²) in [5, 5.41) is 1.45. The van der Waals surface area contributed by atoms with Crippen LogP contribution in [0.5, 0.6) is 0 Å². The summed E-state index contributed by atoms with van der Waals surface area (Å²) < 4.78 is 0. The monoisotopic (exact) mass is 360 g/mol. The minimum Gasteiger partial charge on any atom is -0.273 e. The highest BCUT2D eigenvalue weighted by Gasteiger charge is 2.28. The summed E-state index contributed by atoms with van der Waals surface area (Å²) in [5.74, 6) is -0.266. The number of amides is 2. The van der Waals surface area contributed by atoms with Gasteiger partial charge in [-0.2, -0.15) is 0 Å². The van der Waals surface area contributed by atoms with Crippen LogP contribution in [-0.4, -0.2) is 22.4 Å². The fourth-order valence-electron chi connectivity index (χ4n) is 2.83. The highest BCUT2D eigenvalue weighted by Crippen LogP contribution is 2.16. The molecule has 0 saturated carbocycles. The van der Waals surface area contributed by atoms with E-state index in [1.165, 1.54) is 43.5 Å². The van der Waals surface area contributed by atoms with E-state index in [2.05, 4.69) is 12.3 Å². The van der Waals surface area contributed by atoms with Crippen LogP contribution in [0.1, 0.15) is 95.8 Å². The Morgan fingerprint density at radius 2 is 1.42 bits per heavy atom. The summed E-state index contributed by atoms with van der Waals surface area (Å²) in [4.78, 5) is 25.0. The Balaban J connectivity index is 2.41. The maximum Gasteiger partial charge on any atom is 0.272 e. The number of benzene rings is 1. The Hall–Kier alpha value is -1.84. The van der Waals surface area contributed by atoms with Gasteiger partial charge in [-0.1, -0.05) is 70.1 Å². The van der Waals surface area contributed by atoms with Gasteiger partial charge in [-0.25, -0.2) is 5.01 Å². The molecule has 0 aliphatic rings. The third-order valence-corrected chi connectivity index (χ3v) is 4.39. The number of nitrogens with zero attached hydrogens (tertiary/aromatic N) is 1. The Labute approximate surface area is 159 Å². The Morgan fingerprint density at radius 3 is 1.96 bits per heavy atom. The lowest BCUT2D eigenvalue weighted by Gasteiger charge is -2.35. The minimum absolute atomic E-state index is 0.0878. The van der Waals surface area contributed by atoms with Crippen LogP contribution in [0, 0.1) is 0 Å². The summed E-state index contributed by atoms with van der Waals surface area (Å²) in [5.41, 5.74) is 2.91. The Morgan fingerprint density at radius 1 is 0.885 bits per heavy atom. The van der Waals surface area contributed by atoms with Crippen molar-refractivity contribution in [3.8, 4) is 0 Å². The number of carbonyl (C=O) groups excluding carboxylic acids is 2. The SMILES string of the molecule is CCCCCCCCCCC(=O)NN(C(=O)c1ccccc1)C(C)(C)C. The molecule has 0 aromatic heterocycles. The molecule has 0 bridgehead atoms. The minimum atomic E-state index is -0.484. The van der Waals surface area contributed by atoms with Gasteiger partial charge in [0.05, 0.1) is 5.54 Å². The summed E-state index contributed by atoms with van der Waals surface area (Å²) in [6, 6.07) is 9.07. The third-order valence-electron chi connectivity index (χ3n) is 4.39. The first kappa shape index (κ1) is 22.2. The zero-order valence-corrected chi connectivity index (χ0v) is 17.0. The topological polar surface area (TPSA) is 49.4 Å². The largest absolute Gasteiger partial charge is 0.273 e. The van der Waals surface area contributed by atoms with E-state index in [4.69, 9.17) is 0 Å². The molecule has 4 heteroatoms. The fraction of sp³-hybridized carbons (Fsp3) is 0.636. The van der Waals surface area contributed by atoms with Gasteiger partial charge in [0.2, 0.25) is 5.91 Å². The molecule has 0 aliphatic carbocycles. The molecule has 4 nitrogen and oxygen atoms in total. The summed E-state index contributed by atoms with van der Waals surface area (Å²) >= 11 is 0. The fourth-order valence-corrected chi connectivity index (χ4v) is 2.83. The van der Waals surface area contributed by atoms with Crippen molar-refractivity contribution in [1.82, 2.24) is 10.4 Å². The number of nitrogens with one attached hydrogen (secondary N) is 1. The third kappa shape index (κ3) is 8.50. The molecule has 1 aromatic rings. The van der Waals surface area contributed by atoms with Gasteiger partial charge in [0.25, 0.3) is 5.91 Å². The van der Waals surface area contributed by atoms with Crippen LogP contribution in [0.3, 0.4) is 0 Å². The number of unbranched alkanes of at least 4 members (excludes halogenated alkanes) is 7. The lowest BCUT2D eigenvalue weighted by molar-refractivity contribution is -0.127. The number of hydrogen-bond acceptors (Lipinski definition) is 2. The van der Waals surface area contributed by atoms with Crippen LogP contribution in [-0.2, 0) is 4.79 Å². The van der Waals surface area contributed by atoms with Gasteiger partial charge in [0, 0.05) is 12.0 Å². The molecule has 146 valence electrons. The van der Waals surface area contributed by atoms with Gasteiger partial charge >= 0.3 is 0 Å². The molecule has 0 unspecified atom stereocenters. The van der Waals surface area contributed by atoms with Crippen LogP contribution in [0.15, 0.2) is 30.3 Å². The Bertz CT molecular complexity index is 535. The highest BCUT2D eigenvalue weighted by atomic mass is 16.2. The lowest BCUT2D eigenvalue weighted by Crippen LogP contribution is -2.55. The molecule has 0 atom stereocenters. The molecule has 2 amide bonds. The van der Waals surface area contributed by atoms with Crippen molar-refractivity contribution in [2.24, 2.45) is 0 Å². The first-order valence-electron chi connectivity index (χ1n) is 10.1. The van der Waals surface area contributed by atoms with Crippen molar-refractivity contribution in [3.63, 3.8) is 0 Å². The molecule has 0 radical (unpaired) electrons. The van der Waals surface area contributed by atoms with Crippen molar-refractivity contribution in [1.29, 1.82) is 0 Å². The maximum atomic E-state index is 12.7. The summed E-state index contributed by atoms with van der Waals surface area (Å²) in [7, 11) is 0. The number of rotatable bonds is 10. The molecular formula is C22H36N2O2. The van der Waals surface area contributed by atoms with Gasteiger partial charge in [-0.15, -0.1) is 0 Å². The Kier molecular flexibility index (Phi) is 10.0. The van der Waals surface area contributed by atoms with Gasteiger partial charge in [0.1, 0.15) is 0 Å². The second-order valence-corrected chi connectivity index (χ2v) is 7.94. The lowest BCUT2D eigenvalue weighted by atomic mass is 10.1. The maximum absolute atomic E-state index is 12.7. The quantitative estimate of drug-likeness (QED) is 0.443. The average molecular weight is 361 g/mol. The molecular weight excluding hydrogens is 324 g/mol. The number of hydrogen-bond donors (Lipinski definition) is 1. The van der Waals surface area contributed by atoms with Crippen LogP contribution < -0.4 is 5.43 Å². The van der Waals surface area contributed by atoms with Crippen molar-refractivity contribution >= 4 is 11.8 Å². The highest BCUT2D eigenvalue weighted by molar-refractivity contribution is 5.95. The van der Waals surface area contributed by atoms with E-state index < -0.39 is 5.54 Å². The first-order valence-corrected chi connectivity index (χ1v) is 10.1. The molecule has 0 spiro atoms. The second kappa shape index (κ2) is 11.7. The molecule has 0 saturated heterocycles. The molecule has 0 heterocycles. The van der Waals surface area contributed by atoms with E-state index >= 15 is 0 Å². The first-order chi connectivity index (χ1) is 12.4. The van der Waals surface area contributed by atoms with E-state index in [9.17, 15) is 9.59 Å². The van der Waals surface area contributed by atoms with E-state index in [1.54, 1.807) is 12.1 Å². The number of hydrazine groups is 1. The van der Waals surface area contributed by atoms with E-state index in [-0.39, 0.29) is 11.8 Å². The van der Waals surface area contributed by atoms with Crippen molar-refractivity contribution in [3.05, 3.63) is 35.9 Å². The van der Waals surface area contributed by atoms with E-state index in [0.29, 0.717) is 12.0 Å². The van der Waals surface area contributed by atoms with Gasteiger partial charge < -0.3 is 0 Å². The van der Waals surface area contributed by atoms with Crippen LogP contribution >= 0.6 is 0 Å². The van der Waals surface area contributed by atoms with Crippen LogP contribution in [0.2, 0.25) is 0 Å². The number of carbonyl (C=O) groups is 2. The molecule has 1 aromatic carbocycles. The molecule has 0 fully saturated rings. The van der Waals surface area contributed by atoms with Crippen molar-refractivity contribution in [2.45, 2.75) is 91.0 Å². The van der Waals surface area contributed by atoms with E-state index in [0.717, 1.165) is 12.8 Å². The smallest absolute Gasteiger partial charge is 0.272 e. The van der Waals surface area contributed by atoms with Crippen LogP contribution in [0.4, 0.5) is 0 Å². The van der Waals surface area contributed by atoms with E-state index in [1.807, 2.05) is 39.0 Å². The molecule has 1 rings (SSSR count). The van der Waals surface area contributed by atoms with Crippen LogP contribution in [0.25, 0.3) is 0 Å². The van der Waals surface area contributed by atoms with Crippen molar-refractivity contribution < 1.29 is 9.59 Å². The average Bonchev–Trinajstić information content (AvgIpc) is 2.61. The predicted octanol–water partition coefficient (Wildman–Crippen LogP) is 5.49. The normalized spacial score (nSPS) is 11.2. The standard InChI is InChI=1S/C22H36N2O2/c1-5-6-7-8-9-10-11-15-18-20(25)23-24(22(2,3)4)21(26)19-16-13-12-14-17-19/h12-14,16-17H,5-11,15,18H2,1-4H3,(H,23,25). The second-order valence-electron chi connectivity index (χ2n) is 7.94. The predicted molar refractivity (Wildman–Crippen MR) is 108 cm³/mol. The molecule has 1 N–H and O–H groups in total. The summed E-state index contributed by atoms with van der Waals surface area (Å²) in [6.45, 7) is 7.99. The zero-order valence-electron chi connectivity index (χ0n) is 17.0.